The summed E-state index contributed by atoms with van der Waals surface area (Å²) in [6.45, 7) is 0. The predicted molar refractivity (Wildman–Crippen MR) is 41.2 cm³/mol. The fourth-order valence-corrected chi connectivity index (χ4v) is 0.986. The van der Waals surface area contributed by atoms with Crippen LogP contribution >= 0.6 is 11.6 Å². The van der Waals surface area contributed by atoms with Gasteiger partial charge >= 0.3 is 12.1 Å². The van der Waals surface area contributed by atoms with Gasteiger partial charge in [0.1, 0.15) is 0 Å². The van der Waals surface area contributed by atoms with E-state index < -0.39 is 23.4 Å². The van der Waals surface area contributed by atoms with Crippen molar-refractivity contribution >= 4 is 17.6 Å². The molecule has 7 heteroatoms. The number of halogens is 4. The van der Waals surface area contributed by atoms with E-state index in [0.717, 1.165) is 6.20 Å². The Morgan fingerprint density at radius 3 is 2.50 bits per heavy atom. The molecule has 0 aliphatic carbocycles. The Balaban J connectivity index is 3.37. The second-order valence-electron chi connectivity index (χ2n) is 2.35. The number of aromatic nitrogens is 1. The Morgan fingerprint density at radius 1 is 1.50 bits per heavy atom. The number of pyridine rings is 1. The van der Waals surface area contributed by atoms with Gasteiger partial charge in [-0.15, -0.1) is 0 Å². The molecule has 0 spiro atoms. The number of carboxylic acid groups (broad SMARTS) is 1. The van der Waals surface area contributed by atoms with E-state index >= 15 is 0 Å². The smallest absolute Gasteiger partial charge is 0.434 e. The molecule has 1 aromatic heterocycles. The van der Waals surface area contributed by atoms with Crippen molar-refractivity contribution in [3.63, 3.8) is 0 Å². The SMILES string of the molecule is O=C(O)c1cc(Cl)cnc1C(F)(F)F. The van der Waals surface area contributed by atoms with Crippen molar-refractivity contribution in [1.29, 1.82) is 0 Å². The van der Waals surface area contributed by atoms with Crippen LogP contribution in [0.1, 0.15) is 16.1 Å². The molecule has 1 rings (SSSR count). The summed E-state index contributed by atoms with van der Waals surface area (Å²) in [5.41, 5.74) is -2.40. The number of aromatic carboxylic acids is 1. The number of nitrogens with zero attached hydrogens (tertiary/aromatic N) is 1. The second kappa shape index (κ2) is 3.45. The van der Waals surface area contributed by atoms with E-state index in [2.05, 4.69) is 4.98 Å². The van der Waals surface area contributed by atoms with Crippen LogP contribution in [0.4, 0.5) is 13.2 Å². The first-order valence-electron chi connectivity index (χ1n) is 3.28. The van der Waals surface area contributed by atoms with Gasteiger partial charge < -0.3 is 5.11 Å². The zero-order valence-electron chi connectivity index (χ0n) is 6.47. The lowest BCUT2D eigenvalue weighted by Gasteiger charge is -2.08. The van der Waals surface area contributed by atoms with E-state index in [1.165, 1.54) is 0 Å². The number of carboxylic acids is 1. The first-order valence-corrected chi connectivity index (χ1v) is 3.66. The van der Waals surface area contributed by atoms with Crippen LogP contribution in [0, 0.1) is 0 Å². The number of hydrogen-bond acceptors (Lipinski definition) is 2. The summed E-state index contributed by atoms with van der Waals surface area (Å²) in [7, 11) is 0. The van der Waals surface area contributed by atoms with Gasteiger partial charge in [-0.05, 0) is 6.07 Å². The van der Waals surface area contributed by atoms with E-state index in [9.17, 15) is 18.0 Å². The molecule has 0 aliphatic rings. The number of hydrogen-bond donors (Lipinski definition) is 1. The highest BCUT2D eigenvalue weighted by molar-refractivity contribution is 6.30. The van der Waals surface area contributed by atoms with Gasteiger partial charge in [-0.3, -0.25) is 0 Å². The van der Waals surface area contributed by atoms with Gasteiger partial charge in [-0.2, -0.15) is 13.2 Å². The first-order chi connectivity index (χ1) is 6.32. The predicted octanol–water partition coefficient (Wildman–Crippen LogP) is 2.45. The molecule has 0 amide bonds. The Bertz CT molecular complexity index is 378. The molecule has 0 aliphatic heterocycles. The van der Waals surface area contributed by atoms with Crippen molar-refractivity contribution in [2.24, 2.45) is 0 Å². The van der Waals surface area contributed by atoms with Gasteiger partial charge in [0.15, 0.2) is 5.69 Å². The van der Waals surface area contributed by atoms with Crippen LogP contribution in [0.25, 0.3) is 0 Å². The molecule has 0 saturated carbocycles. The number of rotatable bonds is 1. The summed E-state index contributed by atoms with van der Waals surface area (Å²) in [4.78, 5) is 13.4. The van der Waals surface area contributed by atoms with Gasteiger partial charge in [-0.25, -0.2) is 9.78 Å². The molecule has 1 heterocycles. The highest BCUT2D eigenvalue weighted by Crippen LogP contribution is 2.31. The Labute approximate surface area is 81.1 Å². The van der Waals surface area contributed by atoms with Crippen LogP contribution in [-0.4, -0.2) is 16.1 Å². The lowest BCUT2D eigenvalue weighted by Crippen LogP contribution is -2.15. The molecular weight excluding hydrogens is 223 g/mol. The minimum atomic E-state index is -4.79. The molecule has 0 aromatic carbocycles. The zero-order chi connectivity index (χ0) is 10.9. The van der Waals surface area contributed by atoms with Gasteiger partial charge in [0.25, 0.3) is 0 Å². The Kier molecular flexibility index (Phi) is 2.66. The number of alkyl halides is 3. The van der Waals surface area contributed by atoms with Crippen LogP contribution in [0.3, 0.4) is 0 Å². The quantitative estimate of drug-likeness (QED) is 0.799. The summed E-state index contributed by atoms with van der Waals surface area (Å²) in [6.07, 6.45) is -4.05. The molecule has 3 nitrogen and oxygen atoms in total. The molecule has 0 radical (unpaired) electrons. The van der Waals surface area contributed by atoms with Gasteiger partial charge in [-0.1, -0.05) is 11.6 Å². The maximum absolute atomic E-state index is 12.2. The van der Waals surface area contributed by atoms with E-state index in [0.29, 0.717) is 6.07 Å². The highest BCUT2D eigenvalue weighted by Gasteiger charge is 2.37. The van der Waals surface area contributed by atoms with Crippen LogP contribution < -0.4 is 0 Å². The maximum Gasteiger partial charge on any atom is 0.434 e. The van der Waals surface area contributed by atoms with E-state index in [-0.39, 0.29) is 5.02 Å². The fourth-order valence-electron chi connectivity index (χ4n) is 0.828. The number of carbonyl (C=O) groups is 1. The normalized spacial score (nSPS) is 11.4. The molecule has 0 bridgehead atoms. The van der Waals surface area contributed by atoms with E-state index in [1.54, 1.807) is 0 Å². The molecule has 76 valence electrons. The molecule has 1 aromatic rings. The third-order valence-corrected chi connectivity index (χ3v) is 1.56. The largest absolute Gasteiger partial charge is 0.478 e. The van der Waals surface area contributed by atoms with E-state index in [1.807, 2.05) is 0 Å². The molecule has 0 unspecified atom stereocenters. The zero-order valence-corrected chi connectivity index (χ0v) is 7.23. The van der Waals surface area contributed by atoms with Crippen molar-refractivity contribution in [1.82, 2.24) is 4.98 Å². The van der Waals surface area contributed by atoms with Crippen LogP contribution in [0.5, 0.6) is 0 Å². The van der Waals surface area contributed by atoms with Crippen LogP contribution in [-0.2, 0) is 6.18 Å². The highest BCUT2D eigenvalue weighted by atomic mass is 35.5. The minimum Gasteiger partial charge on any atom is -0.478 e. The molecule has 14 heavy (non-hydrogen) atoms. The molecule has 0 atom stereocenters. The van der Waals surface area contributed by atoms with Crippen molar-refractivity contribution < 1.29 is 23.1 Å². The average Bonchev–Trinajstić information content (AvgIpc) is 2.01. The van der Waals surface area contributed by atoms with Crippen molar-refractivity contribution in [3.8, 4) is 0 Å². The summed E-state index contributed by atoms with van der Waals surface area (Å²) >= 11 is 5.32. The summed E-state index contributed by atoms with van der Waals surface area (Å²) < 4.78 is 36.5. The van der Waals surface area contributed by atoms with E-state index in [4.69, 9.17) is 16.7 Å². The third-order valence-electron chi connectivity index (χ3n) is 1.35. The topological polar surface area (TPSA) is 50.2 Å². The van der Waals surface area contributed by atoms with Crippen molar-refractivity contribution in [2.45, 2.75) is 6.18 Å². The monoisotopic (exact) mass is 225 g/mol. The van der Waals surface area contributed by atoms with Crippen LogP contribution in [0.2, 0.25) is 5.02 Å². The first kappa shape index (κ1) is 10.8. The second-order valence-corrected chi connectivity index (χ2v) is 2.79. The minimum absolute atomic E-state index is 0.157. The standard InChI is InChI=1S/C7H3ClF3NO2/c8-3-1-4(6(13)14)5(12-2-3)7(9,10)11/h1-2H,(H,13,14). The molecule has 0 saturated heterocycles. The molecule has 0 fully saturated rings. The van der Waals surface area contributed by atoms with Gasteiger partial charge in [0, 0.05) is 6.20 Å². The van der Waals surface area contributed by atoms with Gasteiger partial charge in [0.05, 0.1) is 10.6 Å². The average molecular weight is 226 g/mol. The summed E-state index contributed by atoms with van der Waals surface area (Å²) in [6, 6.07) is 0.708. The summed E-state index contributed by atoms with van der Waals surface area (Å²) in [5.74, 6) is -1.72. The third kappa shape index (κ3) is 2.14. The van der Waals surface area contributed by atoms with Crippen LogP contribution in [0.15, 0.2) is 12.3 Å². The van der Waals surface area contributed by atoms with Gasteiger partial charge in [0.2, 0.25) is 0 Å². The molecular formula is C7H3ClF3NO2. The van der Waals surface area contributed by atoms with Crippen molar-refractivity contribution in [2.75, 3.05) is 0 Å². The maximum atomic E-state index is 12.2. The Hall–Kier alpha value is -1.30. The van der Waals surface area contributed by atoms with Crippen molar-refractivity contribution in [3.05, 3.63) is 28.5 Å². The summed E-state index contributed by atoms with van der Waals surface area (Å²) in [5, 5.41) is 8.30. The lowest BCUT2D eigenvalue weighted by atomic mass is 10.2. The molecule has 1 N–H and O–H groups in total. The lowest BCUT2D eigenvalue weighted by molar-refractivity contribution is -0.141. The Morgan fingerprint density at radius 2 is 2.07 bits per heavy atom. The fraction of sp³-hybridized carbons (Fsp3) is 0.143.